The number of carbonyl (C=O) groups excluding carboxylic acids is 1. The van der Waals surface area contributed by atoms with Gasteiger partial charge in [-0.25, -0.2) is 4.68 Å². The van der Waals surface area contributed by atoms with Gasteiger partial charge < -0.3 is 5.21 Å². The Labute approximate surface area is 172 Å². The minimum absolute atomic E-state index is 0.0619. The Morgan fingerprint density at radius 2 is 2.17 bits per heavy atom. The highest BCUT2D eigenvalue weighted by Crippen LogP contribution is 2.26. The predicted octanol–water partition coefficient (Wildman–Crippen LogP) is 2.22. The number of hydrogen-bond donors (Lipinski definition) is 0. The number of alkyl halides is 3. The van der Waals surface area contributed by atoms with Crippen molar-refractivity contribution in [3.05, 3.63) is 41.1 Å². The van der Waals surface area contributed by atoms with E-state index >= 15 is 0 Å². The lowest BCUT2D eigenvalue weighted by molar-refractivity contribution is -0.605. The fourth-order valence-electron chi connectivity index (χ4n) is 2.30. The van der Waals surface area contributed by atoms with Crippen LogP contribution in [-0.4, -0.2) is 44.1 Å². The van der Waals surface area contributed by atoms with Crippen molar-refractivity contribution < 1.29 is 26.9 Å². The number of aromatic nitrogens is 3. The number of rotatable bonds is 8. The van der Waals surface area contributed by atoms with Crippen LogP contribution in [0.5, 0.6) is 0 Å². The molecular formula is C17H16ClF3N4O3S. The van der Waals surface area contributed by atoms with E-state index in [1.807, 2.05) is 0 Å². The molecular weight excluding hydrogens is 433 g/mol. The van der Waals surface area contributed by atoms with Gasteiger partial charge in [0.25, 0.3) is 0 Å². The summed E-state index contributed by atoms with van der Waals surface area (Å²) < 4.78 is 50.2. The fraction of sp³-hybridized carbons (Fsp3) is 0.353. The zero-order chi connectivity index (χ0) is 21.6. The lowest BCUT2D eigenvalue weighted by Crippen LogP contribution is -2.32. The number of carbonyl (C=O) groups is 1. The molecule has 2 aromatic rings. The molecule has 12 heteroatoms. The van der Waals surface area contributed by atoms with E-state index in [0.717, 1.165) is 4.90 Å². The average molecular weight is 449 g/mol. The molecule has 0 aliphatic rings. The summed E-state index contributed by atoms with van der Waals surface area (Å²) in [5.74, 6) is 0.922. The summed E-state index contributed by atoms with van der Waals surface area (Å²) in [5.41, 5.74) is 0.550. The molecule has 1 atom stereocenters. The monoisotopic (exact) mass is 448 g/mol. The van der Waals surface area contributed by atoms with Crippen LogP contribution in [0.15, 0.2) is 30.7 Å². The Hall–Kier alpha value is -2.58. The maximum Gasteiger partial charge on any atom is 0.390 e. The van der Waals surface area contributed by atoms with Crippen LogP contribution in [0.25, 0.3) is 5.69 Å². The number of terminal acetylenes is 1. The highest BCUT2D eigenvalue weighted by molar-refractivity contribution is 7.84. The Kier molecular flexibility index (Phi) is 7.64. The quantitative estimate of drug-likeness (QED) is 0.352. The smallest absolute Gasteiger partial charge is 0.390 e. The van der Waals surface area contributed by atoms with E-state index in [-0.39, 0.29) is 29.6 Å². The number of nitrogens with zero attached hydrogens (tertiary/aromatic N) is 4. The van der Waals surface area contributed by atoms with Crippen molar-refractivity contribution >= 4 is 34.0 Å². The summed E-state index contributed by atoms with van der Waals surface area (Å²) in [5, 5.41) is 15.4. The van der Waals surface area contributed by atoms with Gasteiger partial charge in [-0.15, -0.1) is 6.42 Å². The Bertz CT molecular complexity index is 943. The van der Waals surface area contributed by atoms with Gasteiger partial charge in [0.2, 0.25) is 12.1 Å². The van der Waals surface area contributed by atoms with E-state index in [4.69, 9.17) is 18.0 Å². The number of pyridine rings is 1. The van der Waals surface area contributed by atoms with Crippen LogP contribution in [0, 0.1) is 17.6 Å². The van der Waals surface area contributed by atoms with Gasteiger partial charge in [-0.3, -0.25) is 13.9 Å². The number of halogens is 4. The third-order valence-electron chi connectivity index (χ3n) is 3.67. The van der Waals surface area contributed by atoms with Crippen LogP contribution in [0.3, 0.4) is 0 Å². The SMILES string of the molecule is C#CCN(C(=O)CCS(=O)CCC(F)(F)F)c1cn(-c2ccc[n+]([O-])c2)nc1Cl. The topological polar surface area (TPSA) is 82.1 Å². The van der Waals surface area contributed by atoms with Crippen molar-refractivity contribution in [2.75, 3.05) is 23.0 Å². The summed E-state index contributed by atoms with van der Waals surface area (Å²) >= 11 is 6.11. The number of hydrogen-bond acceptors (Lipinski definition) is 4. The lowest BCUT2D eigenvalue weighted by Gasteiger charge is -2.18. The van der Waals surface area contributed by atoms with Gasteiger partial charge in [0, 0.05) is 34.8 Å². The first-order valence-corrected chi connectivity index (χ1v) is 10.1. The molecule has 0 aliphatic carbocycles. The van der Waals surface area contributed by atoms with Gasteiger partial charge in [0.05, 0.1) is 19.2 Å². The average Bonchev–Trinajstić information content (AvgIpc) is 3.03. The van der Waals surface area contributed by atoms with Crippen molar-refractivity contribution in [1.29, 1.82) is 0 Å². The van der Waals surface area contributed by atoms with Gasteiger partial charge in [0.1, 0.15) is 11.4 Å². The Morgan fingerprint density at radius 3 is 2.79 bits per heavy atom. The maximum absolute atomic E-state index is 12.5. The summed E-state index contributed by atoms with van der Waals surface area (Å²) in [6.45, 7) is -0.171. The van der Waals surface area contributed by atoms with Gasteiger partial charge in [-0.1, -0.05) is 17.5 Å². The molecule has 2 aromatic heterocycles. The summed E-state index contributed by atoms with van der Waals surface area (Å²) in [7, 11) is -1.81. The minimum Gasteiger partial charge on any atom is -0.619 e. The largest absolute Gasteiger partial charge is 0.619 e. The fourth-order valence-corrected chi connectivity index (χ4v) is 3.60. The van der Waals surface area contributed by atoms with Crippen LogP contribution in [-0.2, 0) is 15.6 Å². The number of anilines is 1. The molecule has 1 unspecified atom stereocenters. The van der Waals surface area contributed by atoms with Crippen molar-refractivity contribution in [2.24, 2.45) is 0 Å². The second-order valence-electron chi connectivity index (χ2n) is 5.82. The zero-order valence-electron chi connectivity index (χ0n) is 14.9. The van der Waals surface area contributed by atoms with E-state index in [1.54, 1.807) is 6.07 Å². The Morgan fingerprint density at radius 1 is 1.45 bits per heavy atom. The van der Waals surface area contributed by atoms with E-state index < -0.39 is 35.1 Å². The van der Waals surface area contributed by atoms with Crippen molar-refractivity contribution in [3.63, 3.8) is 0 Å². The molecule has 7 nitrogen and oxygen atoms in total. The van der Waals surface area contributed by atoms with E-state index in [0.29, 0.717) is 10.4 Å². The lowest BCUT2D eigenvalue weighted by atomic mass is 10.3. The molecule has 0 fully saturated rings. The van der Waals surface area contributed by atoms with Crippen LogP contribution in [0.4, 0.5) is 18.9 Å². The molecule has 1 amide bonds. The molecule has 0 radical (unpaired) electrons. The maximum atomic E-state index is 12.5. The van der Waals surface area contributed by atoms with Crippen LogP contribution in [0.1, 0.15) is 12.8 Å². The minimum atomic E-state index is -4.41. The summed E-state index contributed by atoms with van der Waals surface area (Å²) in [6, 6.07) is 3.09. The predicted molar refractivity (Wildman–Crippen MR) is 102 cm³/mol. The molecule has 0 N–H and O–H groups in total. The third kappa shape index (κ3) is 6.76. The van der Waals surface area contributed by atoms with E-state index in [1.165, 1.54) is 29.3 Å². The molecule has 0 aromatic carbocycles. The van der Waals surface area contributed by atoms with E-state index in [9.17, 15) is 27.4 Å². The second-order valence-corrected chi connectivity index (χ2v) is 7.87. The standard InChI is InChI=1S/C17H16ClF3N4O3S/c1-2-7-24(15(26)5-9-29(28)10-6-17(19,20)21)14-12-25(22-16(14)18)13-4-3-8-23(27)11-13/h1,3-4,8,11-12H,5-7,9-10H2. The second kappa shape index (κ2) is 9.76. The highest BCUT2D eigenvalue weighted by atomic mass is 35.5. The van der Waals surface area contributed by atoms with Gasteiger partial charge in [-0.2, -0.15) is 23.0 Å². The molecule has 29 heavy (non-hydrogen) atoms. The molecule has 2 heterocycles. The zero-order valence-corrected chi connectivity index (χ0v) is 16.5. The van der Waals surface area contributed by atoms with Crippen LogP contribution < -0.4 is 9.63 Å². The van der Waals surface area contributed by atoms with Crippen molar-refractivity contribution in [1.82, 2.24) is 9.78 Å². The van der Waals surface area contributed by atoms with Crippen LogP contribution >= 0.6 is 11.6 Å². The normalized spacial score (nSPS) is 12.4. The molecule has 0 bridgehead atoms. The first-order chi connectivity index (χ1) is 13.6. The molecule has 0 spiro atoms. The highest BCUT2D eigenvalue weighted by Gasteiger charge is 2.28. The third-order valence-corrected chi connectivity index (χ3v) is 5.26. The number of amides is 1. The Balaban J connectivity index is 2.12. The van der Waals surface area contributed by atoms with Crippen molar-refractivity contribution in [3.8, 4) is 18.0 Å². The molecule has 0 saturated carbocycles. The first-order valence-electron chi connectivity index (χ1n) is 8.20. The van der Waals surface area contributed by atoms with E-state index in [2.05, 4.69) is 11.0 Å². The molecule has 0 aliphatic heterocycles. The van der Waals surface area contributed by atoms with Crippen molar-refractivity contribution in [2.45, 2.75) is 19.0 Å². The van der Waals surface area contributed by atoms with Gasteiger partial charge >= 0.3 is 6.18 Å². The summed E-state index contributed by atoms with van der Waals surface area (Å²) in [6.07, 6.45) is 3.35. The first kappa shape index (κ1) is 22.7. The molecule has 0 saturated heterocycles. The molecule has 2 rings (SSSR count). The van der Waals surface area contributed by atoms with Gasteiger partial charge in [0.15, 0.2) is 11.3 Å². The summed E-state index contributed by atoms with van der Waals surface area (Å²) in [4.78, 5) is 13.6. The van der Waals surface area contributed by atoms with Crippen LogP contribution in [0.2, 0.25) is 5.15 Å². The molecule has 156 valence electrons. The van der Waals surface area contributed by atoms with Gasteiger partial charge in [-0.05, 0) is 6.07 Å².